The van der Waals surface area contributed by atoms with Crippen LogP contribution in [-0.4, -0.2) is 23.3 Å². The lowest BCUT2D eigenvalue weighted by atomic mass is 10.0. The minimum absolute atomic E-state index is 0.0551. The zero-order chi connectivity index (χ0) is 18.4. The molecule has 1 amide bonds. The van der Waals surface area contributed by atoms with Crippen LogP contribution in [0.25, 0.3) is 0 Å². The van der Waals surface area contributed by atoms with Gasteiger partial charge in [0.2, 0.25) is 0 Å². The second kappa shape index (κ2) is 8.07. The van der Waals surface area contributed by atoms with E-state index in [0.29, 0.717) is 22.7 Å². The van der Waals surface area contributed by atoms with Gasteiger partial charge in [-0.15, -0.1) is 0 Å². The van der Waals surface area contributed by atoms with Crippen molar-refractivity contribution >= 4 is 17.5 Å². The van der Waals surface area contributed by atoms with Crippen molar-refractivity contribution in [2.75, 3.05) is 11.9 Å². The number of amides is 1. The Morgan fingerprint density at radius 3 is 2.31 bits per heavy atom. The lowest BCUT2D eigenvalue weighted by Gasteiger charge is -2.09. The van der Waals surface area contributed by atoms with Gasteiger partial charge < -0.3 is 10.1 Å². The topological polar surface area (TPSA) is 68.3 Å². The minimum Gasteiger partial charge on any atom is -0.484 e. The van der Waals surface area contributed by atoms with E-state index in [4.69, 9.17) is 4.74 Å². The highest BCUT2D eigenvalue weighted by Crippen LogP contribution is 2.16. The molecule has 1 heterocycles. The number of benzene rings is 2. The van der Waals surface area contributed by atoms with E-state index in [1.54, 1.807) is 48.7 Å². The van der Waals surface area contributed by atoms with Crippen LogP contribution >= 0.6 is 0 Å². The summed E-state index contributed by atoms with van der Waals surface area (Å²) in [6.45, 7) is 1.73. The number of rotatable bonds is 6. The molecule has 5 nitrogen and oxygen atoms in total. The van der Waals surface area contributed by atoms with Gasteiger partial charge in [0.1, 0.15) is 11.6 Å². The van der Waals surface area contributed by atoms with Crippen LogP contribution in [0.15, 0.2) is 72.9 Å². The van der Waals surface area contributed by atoms with Crippen molar-refractivity contribution in [1.29, 1.82) is 0 Å². The molecule has 0 spiro atoms. The summed E-state index contributed by atoms with van der Waals surface area (Å²) >= 11 is 0. The molecule has 0 aliphatic heterocycles. The number of carbonyl (C=O) groups excluding carboxylic acids is 2. The maximum atomic E-state index is 12.3. The van der Waals surface area contributed by atoms with E-state index in [0.717, 1.165) is 5.56 Å². The number of pyridine rings is 1. The molecule has 0 aliphatic rings. The fourth-order valence-corrected chi connectivity index (χ4v) is 2.39. The van der Waals surface area contributed by atoms with Gasteiger partial charge in [-0.05, 0) is 42.8 Å². The number of nitrogens with one attached hydrogen (secondary N) is 1. The number of hydrogen-bond donors (Lipinski definition) is 1. The largest absolute Gasteiger partial charge is 0.484 e. The Hall–Kier alpha value is -3.47. The van der Waals surface area contributed by atoms with Gasteiger partial charge >= 0.3 is 0 Å². The van der Waals surface area contributed by atoms with Crippen molar-refractivity contribution in [3.8, 4) is 5.75 Å². The molecule has 1 aromatic heterocycles. The number of aromatic nitrogens is 1. The normalized spacial score (nSPS) is 10.2. The third kappa shape index (κ3) is 4.33. The number of aryl methyl sites for hydroxylation is 1. The van der Waals surface area contributed by atoms with Crippen LogP contribution < -0.4 is 10.1 Å². The highest BCUT2D eigenvalue weighted by Gasteiger charge is 2.10. The van der Waals surface area contributed by atoms with Crippen LogP contribution in [0, 0.1) is 6.92 Å². The third-order valence-corrected chi connectivity index (χ3v) is 3.79. The van der Waals surface area contributed by atoms with Crippen LogP contribution in [-0.2, 0) is 4.79 Å². The van der Waals surface area contributed by atoms with E-state index in [1.165, 1.54) is 0 Å². The third-order valence-electron chi connectivity index (χ3n) is 3.79. The van der Waals surface area contributed by atoms with Gasteiger partial charge in [0.15, 0.2) is 12.4 Å². The van der Waals surface area contributed by atoms with Crippen molar-refractivity contribution in [1.82, 2.24) is 4.98 Å². The number of ether oxygens (including phenoxy) is 1. The Morgan fingerprint density at radius 1 is 0.923 bits per heavy atom. The molecule has 0 saturated carbocycles. The summed E-state index contributed by atoms with van der Waals surface area (Å²) in [5, 5.41) is 2.70. The molecule has 0 atom stereocenters. The SMILES string of the molecule is Cc1cccnc1NC(=O)COc1ccc(C(=O)c2ccccc2)cc1. The summed E-state index contributed by atoms with van der Waals surface area (Å²) in [5.41, 5.74) is 2.08. The molecule has 1 N–H and O–H groups in total. The summed E-state index contributed by atoms with van der Waals surface area (Å²) in [6.07, 6.45) is 1.62. The van der Waals surface area contributed by atoms with E-state index in [-0.39, 0.29) is 18.3 Å². The summed E-state index contributed by atoms with van der Waals surface area (Å²) in [6, 6.07) is 19.5. The molecule has 0 aliphatic carbocycles. The first-order chi connectivity index (χ1) is 12.6. The van der Waals surface area contributed by atoms with Gasteiger partial charge in [-0.2, -0.15) is 0 Å². The van der Waals surface area contributed by atoms with Crippen molar-refractivity contribution in [2.24, 2.45) is 0 Å². The van der Waals surface area contributed by atoms with Crippen LogP contribution in [0.4, 0.5) is 5.82 Å². The minimum atomic E-state index is -0.295. The Bertz CT molecular complexity index is 906. The number of ketones is 1. The monoisotopic (exact) mass is 346 g/mol. The first kappa shape index (κ1) is 17.4. The molecule has 0 saturated heterocycles. The summed E-state index contributed by atoms with van der Waals surface area (Å²) in [7, 11) is 0. The molecule has 26 heavy (non-hydrogen) atoms. The Labute approximate surface area is 151 Å². The predicted octanol–water partition coefficient (Wildman–Crippen LogP) is 3.64. The fourth-order valence-electron chi connectivity index (χ4n) is 2.39. The van der Waals surface area contributed by atoms with Gasteiger partial charge in [0.25, 0.3) is 5.91 Å². The number of nitrogens with zero attached hydrogens (tertiary/aromatic N) is 1. The van der Waals surface area contributed by atoms with E-state index in [1.807, 2.05) is 31.2 Å². The van der Waals surface area contributed by atoms with E-state index >= 15 is 0 Å². The molecule has 0 unspecified atom stereocenters. The zero-order valence-electron chi connectivity index (χ0n) is 14.3. The quantitative estimate of drug-likeness (QED) is 0.692. The standard InChI is InChI=1S/C21H18N2O3/c1-15-6-5-13-22-21(15)23-19(24)14-26-18-11-9-17(10-12-18)20(25)16-7-3-2-4-8-16/h2-13H,14H2,1H3,(H,22,23,24). The molecule has 0 radical (unpaired) electrons. The highest BCUT2D eigenvalue weighted by atomic mass is 16.5. The summed E-state index contributed by atoms with van der Waals surface area (Å²) in [4.78, 5) is 28.4. The second-order valence-electron chi connectivity index (χ2n) is 5.73. The molecule has 0 bridgehead atoms. The lowest BCUT2D eigenvalue weighted by Crippen LogP contribution is -2.21. The van der Waals surface area contributed by atoms with Crippen molar-refractivity contribution in [3.63, 3.8) is 0 Å². The molecule has 2 aromatic carbocycles. The first-order valence-electron chi connectivity index (χ1n) is 8.17. The van der Waals surface area contributed by atoms with Gasteiger partial charge in [0.05, 0.1) is 0 Å². The maximum Gasteiger partial charge on any atom is 0.263 e. The lowest BCUT2D eigenvalue weighted by molar-refractivity contribution is -0.118. The Kier molecular flexibility index (Phi) is 5.39. The Morgan fingerprint density at radius 2 is 1.62 bits per heavy atom. The van der Waals surface area contributed by atoms with Crippen molar-refractivity contribution in [2.45, 2.75) is 6.92 Å². The molecule has 3 rings (SSSR count). The molecule has 0 fully saturated rings. The molecule has 5 heteroatoms. The predicted molar refractivity (Wildman–Crippen MR) is 99.4 cm³/mol. The van der Waals surface area contributed by atoms with Crippen LogP contribution in [0.2, 0.25) is 0 Å². The smallest absolute Gasteiger partial charge is 0.263 e. The average molecular weight is 346 g/mol. The fraction of sp³-hybridized carbons (Fsp3) is 0.0952. The molecule has 130 valence electrons. The van der Waals surface area contributed by atoms with Crippen LogP contribution in [0.1, 0.15) is 21.5 Å². The average Bonchev–Trinajstić information content (AvgIpc) is 2.69. The van der Waals surface area contributed by atoms with Gasteiger partial charge in [-0.1, -0.05) is 36.4 Å². The molecular weight excluding hydrogens is 328 g/mol. The van der Waals surface area contributed by atoms with Crippen LogP contribution in [0.5, 0.6) is 5.75 Å². The van der Waals surface area contributed by atoms with Crippen molar-refractivity contribution < 1.29 is 14.3 Å². The molecule has 3 aromatic rings. The number of carbonyl (C=O) groups is 2. The van der Waals surface area contributed by atoms with E-state index in [9.17, 15) is 9.59 Å². The maximum absolute atomic E-state index is 12.3. The molecular formula is C21H18N2O3. The highest BCUT2D eigenvalue weighted by molar-refractivity contribution is 6.09. The Balaban J connectivity index is 1.57. The number of anilines is 1. The van der Waals surface area contributed by atoms with Gasteiger partial charge in [0, 0.05) is 17.3 Å². The summed E-state index contributed by atoms with van der Waals surface area (Å²) < 4.78 is 5.47. The van der Waals surface area contributed by atoms with Gasteiger partial charge in [-0.25, -0.2) is 4.98 Å². The van der Waals surface area contributed by atoms with Crippen molar-refractivity contribution in [3.05, 3.63) is 89.6 Å². The van der Waals surface area contributed by atoms with E-state index < -0.39 is 0 Å². The zero-order valence-corrected chi connectivity index (χ0v) is 14.3. The first-order valence-corrected chi connectivity index (χ1v) is 8.17. The van der Waals surface area contributed by atoms with Crippen LogP contribution in [0.3, 0.4) is 0 Å². The second-order valence-corrected chi connectivity index (χ2v) is 5.73. The van der Waals surface area contributed by atoms with Gasteiger partial charge in [-0.3, -0.25) is 9.59 Å². The summed E-state index contributed by atoms with van der Waals surface area (Å²) in [5.74, 6) is 0.684. The number of hydrogen-bond acceptors (Lipinski definition) is 4. The van der Waals surface area contributed by atoms with E-state index in [2.05, 4.69) is 10.3 Å².